The monoisotopic (exact) mass is 278 g/mol. The Kier molecular flexibility index (Phi) is 5.17. The van der Waals surface area contributed by atoms with Crippen LogP contribution in [-0.2, 0) is 4.79 Å². The van der Waals surface area contributed by atoms with Crippen LogP contribution in [0.4, 0.5) is 0 Å². The number of nitrogens with zero attached hydrogens (tertiary/aromatic N) is 2. The molecule has 0 radical (unpaired) electrons. The van der Waals surface area contributed by atoms with Crippen LogP contribution in [0.2, 0.25) is 0 Å². The maximum absolute atomic E-state index is 12.2. The first-order chi connectivity index (χ1) is 9.59. The van der Waals surface area contributed by atoms with Crippen molar-refractivity contribution in [3.8, 4) is 0 Å². The van der Waals surface area contributed by atoms with Gasteiger partial charge in [-0.05, 0) is 32.2 Å². The minimum atomic E-state index is -0.201. The Hall–Kier alpha value is -1.36. The van der Waals surface area contributed by atoms with Crippen molar-refractivity contribution in [1.29, 1.82) is 0 Å². The number of amides is 1. The Morgan fingerprint density at radius 2 is 2.35 bits per heavy atom. The zero-order valence-electron chi connectivity index (χ0n) is 12.7. The summed E-state index contributed by atoms with van der Waals surface area (Å²) in [6, 6.07) is -0.201. The number of carbonyl (C=O) groups is 1. The number of hydrogen-bond acceptors (Lipinski definition) is 3. The first kappa shape index (κ1) is 15.0. The Morgan fingerprint density at radius 3 is 3.00 bits per heavy atom. The van der Waals surface area contributed by atoms with Crippen LogP contribution in [-0.4, -0.2) is 35.1 Å². The van der Waals surface area contributed by atoms with Crippen molar-refractivity contribution < 1.29 is 4.79 Å². The fraction of sp³-hybridized carbons (Fsp3) is 0.733. The molecule has 0 aliphatic carbocycles. The van der Waals surface area contributed by atoms with Gasteiger partial charge in [0.05, 0.1) is 6.33 Å². The van der Waals surface area contributed by atoms with Crippen LogP contribution in [0.1, 0.15) is 51.3 Å². The van der Waals surface area contributed by atoms with Crippen molar-refractivity contribution in [3.63, 3.8) is 0 Å². The summed E-state index contributed by atoms with van der Waals surface area (Å²) in [5.41, 5.74) is 1.17. The van der Waals surface area contributed by atoms with Gasteiger partial charge in [-0.2, -0.15) is 0 Å². The van der Waals surface area contributed by atoms with E-state index in [4.69, 9.17) is 0 Å². The van der Waals surface area contributed by atoms with Gasteiger partial charge in [-0.3, -0.25) is 4.79 Å². The number of hydrogen-bond donors (Lipinski definition) is 2. The number of aromatic nitrogens is 2. The highest BCUT2D eigenvalue weighted by Crippen LogP contribution is 2.25. The highest BCUT2D eigenvalue weighted by Gasteiger charge is 2.23. The summed E-state index contributed by atoms with van der Waals surface area (Å²) in [6.07, 6.45) is 6.04. The lowest BCUT2D eigenvalue weighted by Crippen LogP contribution is -2.35. The fourth-order valence-electron chi connectivity index (χ4n) is 2.64. The van der Waals surface area contributed by atoms with Crippen molar-refractivity contribution in [2.24, 2.45) is 5.92 Å². The molecule has 112 valence electrons. The molecule has 0 bridgehead atoms. The molecule has 1 aliphatic rings. The van der Waals surface area contributed by atoms with Gasteiger partial charge in [-0.15, -0.1) is 0 Å². The number of imidazole rings is 1. The molecule has 1 aromatic rings. The Morgan fingerprint density at radius 1 is 1.55 bits per heavy atom. The number of nitrogens with one attached hydrogen (secondary N) is 2. The third kappa shape index (κ3) is 3.60. The Labute approximate surface area is 121 Å². The van der Waals surface area contributed by atoms with Crippen LogP contribution in [0.3, 0.4) is 0 Å². The molecule has 0 saturated carbocycles. The molecular weight excluding hydrogens is 252 g/mol. The second kappa shape index (κ2) is 6.88. The molecule has 5 nitrogen and oxygen atoms in total. The number of rotatable bonds is 5. The van der Waals surface area contributed by atoms with Gasteiger partial charge >= 0.3 is 0 Å². The average molecular weight is 278 g/mol. The van der Waals surface area contributed by atoms with Gasteiger partial charge in [-0.1, -0.05) is 13.8 Å². The van der Waals surface area contributed by atoms with E-state index >= 15 is 0 Å². The SMILES string of the molecule is CC(C)CNC(=O)C(C)n1cncc1C1CCCNC1. The molecule has 2 N–H and O–H groups in total. The third-order valence-electron chi connectivity index (χ3n) is 3.89. The topological polar surface area (TPSA) is 59.0 Å². The molecule has 2 atom stereocenters. The smallest absolute Gasteiger partial charge is 0.242 e. The third-order valence-corrected chi connectivity index (χ3v) is 3.89. The van der Waals surface area contributed by atoms with Crippen LogP contribution >= 0.6 is 0 Å². The standard InChI is InChI=1S/C15H26N4O/c1-11(2)7-18-15(20)12(3)19-10-17-9-14(19)13-5-4-6-16-8-13/h9-13,16H,4-8H2,1-3H3,(H,18,20). The minimum Gasteiger partial charge on any atom is -0.354 e. The van der Waals surface area contributed by atoms with Gasteiger partial charge in [0.1, 0.15) is 6.04 Å². The first-order valence-corrected chi connectivity index (χ1v) is 7.59. The van der Waals surface area contributed by atoms with E-state index in [-0.39, 0.29) is 11.9 Å². The maximum Gasteiger partial charge on any atom is 0.242 e. The summed E-state index contributed by atoms with van der Waals surface area (Å²) in [6.45, 7) is 8.93. The average Bonchev–Trinajstić information content (AvgIpc) is 2.94. The van der Waals surface area contributed by atoms with Gasteiger partial charge in [0.25, 0.3) is 0 Å². The number of piperidine rings is 1. The molecule has 0 spiro atoms. The molecule has 1 aliphatic heterocycles. The predicted octanol–water partition coefficient (Wildman–Crippen LogP) is 1.68. The van der Waals surface area contributed by atoms with Crippen molar-refractivity contribution >= 4 is 5.91 Å². The molecule has 1 aromatic heterocycles. The van der Waals surface area contributed by atoms with E-state index in [1.165, 1.54) is 18.5 Å². The molecule has 1 saturated heterocycles. The van der Waals surface area contributed by atoms with Crippen molar-refractivity contribution in [3.05, 3.63) is 18.2 Å². The fourth-order valence-corrected chi connectivity index (χ4v) is 2.64. The summed E-state index contributed by atoms with van der Waals surface area (Å²) >= 11 is 0. The zero-order chi connectivity index (χ0) is 14.5. The van der Waals surface area contributed by atoms with E-state index in [1.807, 2.05) is 17.7 Å². The lowest BCUT2D eigenvalue weighted by atomic mass is 9.96. The van der Waals surface area contributed by atoms with Crippen LogP contribution in [0, 0.1) is 5.92 Å². The molecule has 2 rings (SSSR count). The lowest BCUT2D eigenvalue weighted by molar-refractivity contribution is -0.124. The molecule has 5 heteroatoms. The van der Waals surface area contributed by atoms with Crippen LogP contribution in [0.15, 0.2) is 12.5 Å². The zero-order valence-corrected chi connectivity index (χ0v) is 12.7. The highest BCUT2D eigenvalue weighted by molar-refractivity contribution is 5.79. The van der Waals surface area contributed by atoms with Gasteiger partial charge in [0, 0.05) is 30.9 Å². The van der Waals surface area contributed by atoms with Gasteiger partial charge < -0.3 is 15.2 Å². The molecule has 20 heavy (non-hydrogen) atoms. The molecule has 2 unspecified atom stereocenters. The van der Waals surface area contributed by atoms with Gasteiger partial charge in [0.2, 0.25) is 5.91 Å². The van der Waals surface area contributed by atoms with E-state index in [1.54, 1.807) is 6.33 Å². The highest BCUT2D eigenvalue weighted by atomic mass is 16.2. The van der Waals surface area contributed by atoms with Crippen LogP contribution in [0.5, 0.6) is 0 Å². The van der Waals surface area contributed by atoms with Crippen molar-refractivity contribution in [1.82, 2.24) is 20.2 Å². The van der Waals surface area contributed by atoms with Crippen LogP contribution in [0.25, 0.3) is 0 Å². The maximum atomic E-state index is 12.2. The summed E-state index contributed by atoms with van der Waals surface area (Å²) in [5.74, 6) is 1.00. The van der Waals surface area contributed by atoms with Crippen molar-refractivity contribution in [2.75, 3.05) is 19.6 Å². The largest absolute Gasteiger partial charge is 0.354 e. The van der Waals surface area contributed by atoms with E-state index < -0.39 is 0 Å². The quantitative estimate of drug-likeness (QED) is 0.861. The van der Waals surface area contributed by atoms with E-state index in [0.717, 1.165) is 19.6 Å². The Balaban J connectivity index is 2.04. The minimum absolute atomic E-state index is 0.0710. The molecular formula is C15H26N4O. The molecule has 1 amide bonds. The first-order valence-electron chi connectivity index (χ1n) is 7.59. The number of carbonyl (C=O) groups excluding carboxylic acids is 1. The summed E-state index contributed by atoms with van der Waals surface area (Å²) < 4.78 is 2.02. The summed E-state index contributed by atoms with van der Waals surface area (Å²) in [5, 5.41) is 6.41. The predicted molar refractivity (Wildman–Crippen MR) is 79.6 cm³/mol. The second-order valence-corrected chi connectivity index (χ2v) is 6.08. The van der Waals surface area contributed by atoms with Crippen molar-refractivity contribution in [2.45, 2.75) is 45.6 Å². The lowest BCUT2D eigenvalue weighted by Gasteiger charge is -2.25. The Bertz CT molecular complexity index is 435. The van der Waals surface area contributed by atoms with E-state index in [0.29, 0.717) is 11.8 Å². The molecule has 1 fully saturated rings. The summed E-state index contributed by atoms with van der Waals surface area (Å²) in [7, 11) is 0. The molecule has 0 aromatic carbocycles. The summed E-state index contributed by atoms with van der Waals surface area (Å²) in [4.78, 5) is 16.5. The van der Waals surface area contributed by atoms with E-state index in [2.05, 4.69) is 29.5 Å². The van der Waals surface area contributed by atoms with E-state index in [9.17, 15) is 4.79 Å². The molecule has 2 heterocycles. The van der Waals surface area contributed by atoms with Gasteiger partial charge in [0.15, 0.2) is 0 Å². The van der Waals surface area contributed by atoms with Crippen LogP contribution < -0.4 is 10.6 Å². The normalized spacial score (nSPS) is 20.9. The second-order valence-electron chi connectivity index (χ2n) is 6.08. The van der Waals surface area contributed by atoms with Gasteiger partial charge in [-0.25, -0.2) is 4.98 Å².